The van der Waals surface area contributed by atoms with Crippen LogP contribution < -0.4 is 14.8 Å². The average Bonchev–Trinajstić information content (AvgIpc) is 2.64. The number of nitrogens with one attached hydrogen (secondary N) is 1. The zero-order chi connectivity index (χ0) is 19.7. The molecular formula is C17H23NO8. The Morgan fingerprint density at radius 1 is 1.08 bits per heavy atom. The minimum absolute atomic E-state index is 0.151. The van der Waals surface area contributed by atoms with Crippen LogP contribution in [0, 0.1) is 0 Å². The van der Waals surface area contributed by atoms with Gasteiger partial charge in [-0.1, -0.05) is 0 Å². The summed E-state index contributed by atoms with van der Waals surface area (Å²) in [4.78, 5) is 29.5. The fourth-order valence-electron chi connectivity index (χ4n) is 2.59. The molecule has 0 amide bonds. The maximum Gasteiger partial charge on any atom is 0.414 e. The normalized spacial score (nSPS) is 15.0. The Morgan fingerprint density at radius 2 is 1.65 bits per heavy atom. The summed E-state index contributed by atoms with van der Waals surface area (Å²) in [7, 11) is 4.68. The summed E-state index contributed by atoms with van der Waals surface area (Å²) >= 11 is 0. The van der Waals surface area contributed by atoms with E-state index in [1.165, 1.54) is 18.2 Å². The summed E-state index contributed by atoms with van der Waals surface area (Å²) in [5, 5.41) is 18.2. The first kappa shape index (κ1) is 21.2. The van der Waals surface area contributed by atoms with Crippen LogP contribution in [0.25, 0.3) is 0 Å². The van der Waals surface area contributed by atoms with Crippen molar-refractivity contribution in [3.8, 4) is 11.5 Å². The summed E-state index contributed by atoms with van der Waals surface area (Å²) in [6.07, 6.45) is 2.07. The second kappa shape index (κ2) is 10.2. The number of rotatable bonds is 5. The van der Waals surface area contributed by atoms with Crippen molar-refractivity contribution in [2.75, 3.05) is 27.9 Å². The average molecular weight is 369 g/mol. The van der Waals surface area contributed by atoms with Crippen molar-refractivity contribution in [2.45, 2.75) is 25.3 Å². The van der Waals surface area contributed by atoms with Crippen LogP contribution in [0.1, 0.15) is 30.0 Å². The highest BCUT2D eigenvalue weighted by molar-refractivity contribution is 6.27. The van der Waals surface area contributed by atoms with Crippen LogP contribution in [0.5, 0.6) is 11.5 Å². The van der Waals surface area contributed by atoms with E-state index in [-0.39, 0.29) is 12.0 Å². The Labute approximate surface area is 150 Å². The van der Waals surface area contributed by atoms with Gasteiger partial charge in [-0.2, -0.15) is 0 Å². The number of aliphatic carboxylic acids is 2. The van der Waals surface area contributed by atoms with Crippen LogP contribution in [0.4, 0.5) is 0 Å². The lowest BCUT2D eigenvalue weighted by atomic mass is 9.91. The highest BCUT2D eigenvalue weighted by Gasteiger charge is 2.23. The highest BCUT2D eigenvalue weighted by atomic mass is 16.5. The van der Waals surface area contributed by atoms with Gasteiger partial charge in [0.15, 0.2) is 11.5 Å². The van der Waals surface area contributed by atoms with E-state index in [0.717, 1.165) is 30.9 Å². The number of carboxylic acids is 2. The Hall–Kier alpha value is -2.81. The first-order chi connectivity index (χ1) is 12.3. The van der Waals surface area contributed by atoms with Gasteiger partial charge < -0.3 is 29.7 Å². The van der Waals surface area contributed by atoms with Crippen molar-refractivity contribution in [3.05, 3.63) is 23.3 Å². The Bertz CT molecular complexity index is 646. The number of esters is 1. The van der Waals surface area contributed by atoms with Crippen molar-refractivity contribution in [3.63, 3.8) is 0 Å². The fraction of sp³-hybridized carbons (Fsp3) is 0.471. The third-order valence-corrected chi connectivity index (χ3v) is 3.85. The molecule has 9 nitrogen and oxygen atoms in total. The number of carboxylic acid groups (broad SMARTS) is 2. The first-order valence-electron chi connectivity index (χ1n) is 7.85. The van der Waals surface area contributed by atoms with E-state index in [0.29, 0.717) is 6.42 Å². The van der Waals surface area contributed by atoms with Crippen molar-refractivity contribution in [1.82, 2.24) is 5.32 Å². The number of ether oxygens (including phenoxy) is 3. The van der Waals surface area contributed by atoms with Gasteiger partial charge in [-0.3, -0.25) is 4.79 Å². The van der Waals surface area contributed by atoms with Gasteiger partial charge in [-0.05, 0) is 42.6 Å². The molecule has 1 aromatic carbocycles. The zero-order valence-corrected chi connectivity index (χ0v) is 14.9. The second-order valence-electron chi connectivity index (χ2n) is 5.39. The third-order valence-electron chi connectivity index (χ3n) is 3.85. The topological polar surface area (TPSA) is 131 Å². The molecule has 3 N–H and O–H groups in total. The molecule has 1 heterocycles. The smallest absolute Gasteiger partial charge is 0.414 e. The largest absolute Gasteiger partial charge is 0.493 e. The lowest BCUT2D eigenvalue weighted by Crippen LogP contribution is -2.30. The minimum Gasteiger partial charge on any atom is -0.493 e. The quantitative estimate of drug-likeness (QED) is 0.513. The summed E-state index contributed by atoms with van der Waals surface area (Å²) in [5.74, 6) is -2.36. The van der Waals surface area contributed by atoms with E-state index in [2.05, 4.69) is 5.32 Å². The molecule has 0 aromatic heterocycles. The molecule has 0 radical (unpaired) electrons. The molecule has 0 fully saturated rings. The van der Waals surface area contributed by atoms with E-state index in [4.69, 9.17) is 34.0 Å². The van der Waals surface area contributed by atoms with Crippen LogP contribution in [-0.2, 0) is 25.5 Å². The maximum atomic E-state index is 11.3. The monoisotopic (exact) mass is 369 g/mol. The van der Waals surface area contributed by atoms with Crippen molar-refractivity contribution in [2.24, 2.45) is 0 Å². The number of fused-ring (bicyclic) bond motifs is 1. The highest BCUT2D eigenvalue weighted by Crippen LogP contribution is 2.36. The molecule has 1 atom stereocenters. The summed E-state index contributed by atoms with van der Waals surface area (Å²) < 4.78 is 15.4. The third kappa shape index (κ3) is 5.92. The molecule has 1 aliphatic rings. The standard InChI is InChI=1S/C15H21NO4.C2H2O4/c1-18-13-8-10-6-7-16-12(4-5-15(17)20-3)11(10)9-14(13)19-2;3-1(4)2(5)6/h8-9,12,16H,4-7H2,1-3H3;(H,3,4)(H,5,6). The van der Waals surface area contributed by atoms with Crippen LogP contribution >= 0.6 is 0 Å². The maximum absolute atomic E-state index is 11.3. The van der Waals surface area contributed by atoms with E-state index in [1.807, 2.05) is 12.1 Å². The van der Waals surface area contributed by atoms with Crippen LogP contribution in [0.3, 0.4) is 0 Å². The lowest BCUT2D eigenvalue weighted by molar-refractivity contribution is -0.159. The first-order valence-corrected chi connectivity index (χ1v) is 7.85. The molecule has 9 heteroatoms. The molecule has 0 aliphatic carbocycles. The van der Waals surface area contributed by atoms with Crippen molar-refractivity contribution in [1.29, 1.82) is 0 Å². The van der Waals surface area contributed by atoms with E-state index >= 15 is 0 Å². The predicted molar refractivity (Wildman–Crippen MR) is 90.5 cm³/mol. The van der Waals surface area contributed by atoms with Gasteiger partial charge in [0.25, 0.3) is 0 Å². The molecule has 0 spiro atoms. The van der Waals surface area contributed by atoms with Gasteiger partial charge >= 0.3 is 17.9 Å². The predicted octanol–water partition coefficient (Wildman–Crippen LogP) is 0.999. The molecular weight excluding hydrogens is 346 g/mol. The van der Waals surface area contributed by atoms with Gasteiger partial charge in [0.1, 0.15) is 0 Å². The van der Waals surface area contributed by atoms with Crippen molar-refractivity contribution >= 4 is 17.9 Å². The second-order valence-corrected chi connectivity index (χ2v) is 5.39. The number of carbonyl (C=O) groups is 3. The molecule has 1 aliphatic heterocycles. The Morgan fingerprint density at radius 3 is 2.15 bits per heavy atom. The van der Waals surface area contributed by atoms with Crippen LogP contribution in [-0.4, -0.2) is 56.0 Å². The van der Waals surface area contributed by atoms with Crippen molar-refractivity contribution < 1.29 is 38.8 Å². The van der Waals surface area contributed by atoms with Crippen LogP contribution in [0.2, 0.25) is 0 Å². The van der Waals surface area contributed by atoms with E-state index < -0.39 is 11.9 Å². The minimum atomic E-state index is -1.82. The lowest BCUT2D eigenvalue weighted by Gasteiger charge is -2.28. The number of hydrogen-bond acceptors (Lipinski definition) is 7. The summed E-state index contributed by atoms with van der Waals surface area (Å²) in [5.41, 5.74) is 2.43. The van der Waals surface area contributed by atoms with Crippen LogP contribution in [0.15, 0.2) is 12.1 Å². The fourth-order valence-corrected chi connectivity index (χ4v) is 2.59. The zero-order valence-electron chi connectivity index (χ0n) is 14.9. The van der Waals surface area contributed by atoms with Gasteiger partial charge in [-0.15, -0.1) is 0 Å². The summed E-state index contributed by atoms with van der Waals surface area (Å²) in [6.45, 7) is 0.897. The molecule has 1 unspecified atom stereocenters. The van der Waals surface area contributed by atoms with Gasteiger partial charge in [0.05, 0.1) is 21.3 Å². The molecule has 1 aromatic rings. The SMILES string of the molecule is COC(=O)CCC1NCCc2cc(OC)c(OC)cc21.O=C(O)C(=O)O. The molecule has 0 saturated heterocycles. The number of carbonyl (C=O) groups excluding carboxylic acids is 1. The van der Waals surface area contributed by atoms with E-state index in [1.54, 1.807) is 14.2 Å². The Balaban J connectivity index is 0.000000487. The van der Waals surface area contributed by atoms with Gasteiger partial charge in [0, 0.05) is 12.5 Å². The number of methoxy groups -OCH3 is 3. The number of hydrogen-bond donors (Lipinski definition) is 3. The van der Waals surface area contributed by atoms with E-state index in [9.17, 15) is 4.79 Å². The molecule has 2 rings (SSSR count). The Kier molecular flexibility index (Phi) is 8.36. The molecule has 144 valence electrons. The number of benzene rings is 1. The summed E-state index contributed by atoms with van der Waals surface area (Å²) in [6, 6.07) is 4.18. The molecule has 26 heavy (non-hydrogen) atoms. The molecule has 0 saturated carbocycles. The van der Waals surface area contributed by atoms with Gasteiger partial charge in [0.2, 0.25) is 0 Å². The molecule has 0 bridgehead atoms. The van der Waals surface area contributed by atoms with Gasteiger partial charge in [-0.25, -0.2) is 9.59 Å².